The second-order valence-electron chi connectivity index (χ2n) is 5.06. The van der Waals surface area contributed by atoms with Crippen LogP contribution in [0.25, 0.3) is 11.5 Å². The van der Waals surface area contributed by atoms with Crippen LogP contribution in [0.4, 0.5) is 19.0 Å². The zero-order chi connectivity index (χ0) is 15.7. The van der Waals surface area contributed by atoms with Crippen molar-refractivity contribution >= 4 is 5.82 Å². The summed E-state index contributed by atoms with van der Waals surface area (Å²) in [6, 6.07) is 2.02. The van der Waals surface area contributed by atoms with Gasteiger partial charge in [-0.3, -0.25) is 0 Å². The Labute approximate surface area is 124 Å². The molecule has 0 aromatic carbocycles. The van der Waals surface area contributed by atoms with Gasteiger partial charge < -0.3 is 14.1 Å². The number of alkyl halides is 3. The Morgan fingerprint density at radius 3 is 2.77 bits per heavy atom. The lowest BCUT2D eigenvalue weighted by Crippen LogP contribution is -2.24. The molecule has 2 aromatic rings. The smallest absolute Gasteiger partial charge is 0.416 e. The number of anilines is 1. The highest BCUT2D eigenvalue weighted by Gasteiger charge is 2.33. The average molecular weight is 313 g/mol. The molecule has 1 saturated heterocycles. The third-order valence-corrected chi connectivity index (χ3v) is 3.63. The molecule has 0 radical (unpaired) electrons. The molecule has 0 spiro atoms. The summed E-state index contributed by atoms with van der Waals surface area (Å²) in [7, 11) is 1.59. The first kappa shape index (κ1) is 14.8. The number of halogens is 3. The predicted molar refractivity (Wildman–Crippen MR) is 72.4 cm³/mol. The van der Waals surface area contributed by atoms with Crippen LogP contribution in [-0.4, -0.2) is 36.3 Å². The summed E-state index contributed by atoms with van der Waals surface area (Å²) >= 11 is 0. The lowest BCUT2D eigenvalue weighted by Gasteiger charge is -2.19. The molecule has 0 amide bonds. The number of hydrogen-bond acceptors (Lipinski definition) is 5. The molecule has 0 saturated carbocycles. The second kappa shape index (κ2) is 5.60. The molecular formula is C14H14F3N3O2. The molecule has 8 heteroatoms. The molecule has 1 atom stereocenters. The van der Waals surface area contributed by atoms with Crippen molar-refractivity contribution in [1.82, 2.24) is 9.97 Å². The zero-order valence-electron chi connectivity index (χ0n) is 11.8. The fraction of sp³-hybridized carbons (Fsp3) is 0.429. The molecule has 0 aliphatic carbocycles. The fourth-order valence-corrected chi connectivity index (χ4v) is 2.44. The standard InChI is InChI=1S/C14H14F3N3O2/c1-21-10-2-3-20(7-10)13-5-9(14(15,16)17)4-11(19-13)12-6-18-8-22-12/h4-6,8,10H,2-3,7H2,1H3. The van der Waals surface area contributed by atoms with E-state index in [2.05, 4.69) is 9.97 Å². The summed E-state index contributed by atoms with van der Waals surface area (Å²) in [4.78, 5) is 9.78. The maximum absolute atomic E-state index is 13.1. The van der Waals surface area contributed by atoms with E-state index in [4.69, 9.17) is 9.15 Å². The summed E-state index contributed by atoms with van der Waals surface area (Å²) in [6.45, 7) is 1.11. The topological polar surface area (TPSA) is 51.4 Å². The van der Waals surface area contributed by atoms with E-state index in [-0.39, 0.29) is 23.4 Å². The van der Waals surface area contributed by atoms with Crippen molar-refractivity contribution in [3.8, 4) is 11.5 Å². The number of nitrogens with zero attached hydrogens (tertiary/aromatic N) is 3. The van der Waals surface area contributed by atoms with Crippen LogP contribution < -0.4 is 4.90 Å². The van der Waals surface area contributed by atoms with Gasteiger partial charge in [0, 0.05) is 20.2 Å². The average Bonchev–Trinajstić information content (AvgIpc) is 3.17. The van der Waals surface area contributed by atoms with Gasteiger partial charge in [-0.1, -0.05) is 0 Å². The van der Waals surface area contributed by atoms with Crippen LogP contribution in [0.5, 0.6) is 0 Å². The summed E-state index contributed by atoms with van der Waals surface area (Å²) in [5.74, 6) is 0.468. The number of hydrogen-bond donors (Lipinski definition) is 0. The number of ether oxygens (including phenoxy) is 1. The first-order valence-electron chi connectivity index (χ1n) is 6.73. The maximum atomic E-state index is 13.1. The van der Waals surface area contributed by atoms with E-state index in [0.717, 1.165) is 24.9 Å². The first-order chi connectivity index (χ1) is 10.5. The van der Waals surface area contributed by atoms with Crippen LogP contribution in [0, 0.1) is 0 Å². The molecule has 1 aliphatic heterocycles. The number of oxazole rings is 1. The Balaban J connectivity index is 2.01. The molecule has 3 heterocycles. The van der Waals surface area contributed by atoms with Crippen molar-refractivity contribution in [2.45, 2.75) is 18.7 Å². The normalized spacial score (nSPS) is 18.9. The Morgan fingerprint density at radius 2 is 2.18 bits per heavy atom. The molecule has 5 nitrogen and oxygen atoms in total. The largest absolute Gasteiger partial charge is 0.442 e. The lowest BCUT2D eigenvalue weighted by atomic mass is 10.2. The van der Waals surface area contributed by atoms with Gasteiger partial charge in [0.05, 0.1) is 17.9 Å². The van der Waals surface area contributed by atoms with Crippen molar-refractivity contribution in [3.05, 3.63) is 30.3 Å². The molecule has 0 bridgehead atoms. The Morgan fingerprint density at radius 1 is 1.36 bits per heavy atom. The summed E-state index contributed by atoms with van der Waals surface area (Å²) in [5, 5.41) is 0. The zero-order valence-corrected chi connectivity index (χ0v) is 11.8. The third kappa shape index (κ3) is 2.92. The van der Waals surface area contributed by atoms with Gasteiger partial charge in [-0.2, -0.15) is 13.2 Å². The van der Waals surface area contributed by atoms with Crippen LogP contribution in [0.15, 0.2) is 29.1 Å². The molecule has 2 aromatic heterocycles. The van der Waals surface area contributed by atoms with Crippen molar-refractivity contribution < 1.29 is 22.3 Å². The van der Waals surface area contributed by atoms with E-state index in [1.54, 1.807) is 12.0 Å². The molecule has 3 rings (SSSR count). The monoisotopic (exact) mass is 313 g/mol. The SMILES string of the molecule is COC1CCN(c2cc(C(F)(F)F)cc(-c3cnco3)n2)C1. The first-order valence-corrected chi connectivity index (χ1v) is 6.73. The molecule has 22 heavy (non-hydrogen) atoms. The van der Waals surface area contributed by atoms with E-state index in [9.17, 15) is 13.2 Å². The Kier molecular flexibility index (Phi) is 3.78. The minimum atomic E-state index is -4.45. The van der Waals surface area contributed by atoms with Gasteiger partial charge in [0.2, 0.25) is 0 Å². The maximum Gasteiger partial charge on any atom is 0.416 e. The van der Waals surface area contributed by atoms with E-state index in [1.165, 1.54) is 6.20 Å². The van der Waals surface area contributed by atoms with Crippen molar-refractivity contribution in [3.63, 3.8) is 0 Å². The molecular weight excluding hydrogens is 299 g/mol. The molecule has 118 valence electrons. The highest BCUT2D eigenvalue weighted by Crippen LogP contribution is 2.34. The van der Waals surface area contributed by atoms with Gasteiger partial charge in [0.15, 0.2) is 12.2 Å². The van der Waals surface area contributed by atoms with Gasteiger partial charge in [0.1, 0.15) is 11.5 Å². The summed E-state index contributed by atoms with van der Waals surface area (Å²) in [6.07, 6.45) is -1.19. The second-order valence-corrected chi connectivity index (χ2v) is 5.06. The summed E-state index contributed by atoms with van der Waals surface area (Å²) < 4.78 is 49.6. The van der Waals surface area contributed by atoms with Crippen LogP contribution in [0.3, 0.4) is 0 Å². The predicted octanol–water partition coefficient (Wildman–Crippen LogP) is 2.98. The van der Waals surface area contributed by atoms with Gasteiger partial charge in [-0.05, 0) is 18.6 Å². The van der Waals surface area contributed by atoms with E-state index >= 15 is 0 Å². The number of rotatable bonds is 3. The lowest BCUT2D eigenvalue weighted by molar-refractivity contribution is -0.137. The van der Waals surface area contributed by atoms with E-state index in [0.29, 0.717) is 13.1 Å². The molecule has 1 aliphatic rings. The quantitative estimate of drug-likeness (QED) is 0.872. The summed E-state index contributed by atoms with van der Waals surface area (Å²) in [5.41, 5.74) is -0.645. The van der Waals surface area contributed by atoms with E-state index in [1.807, 2.05) is 0 Å². The van der Waals surface area contributed by atoms with Crippen molar-refractivity contribution in [1.29, 1.82) is 0 Å². The molecule has 1 fully saturated rings. The van der Waals surface area contributed by atoms with Gasteiger partial charge in [-0.25, -0.2) is 9.97 Å². The number of pyridine rings is 1. The van der Waals surface area contributed by atoms with E-state index < -0.39 is 11.7 Å². The van der Waals surface area contributed by atoms with Crippen LogP contribution in [-0.2, 0) is 10.9 Å². The minimum absolute atomic E-state index is 0.00470. The Hall–Kier alpha value is -2.09. The van der Waals surface area contributed by atoms with Crippen molar-refractivity contribution in [2.24, 2.45) is 0 Å². The molecule has 0 N–H and O–H groups in total. The van der Waals surface area contributed by atoms with Crippen molar-refractivity contribution in [2.75, 3.05) is 25.1 Å². The molecule has 1 unspecified atom stereocenters. The Bertz CT molecular complexity index is 643. The highest BCUT2D eigenvalue weighted by molar-refractivity contribution is 5.58. The highest BCUT2D eigenvalue weighted by atomic mass is 19.4. The van der Waals surface area contributed by atoms with Gasteiger partial charge in [-0.15, -0.1) is 0 Å². The van der Waals surface area contributed by atoms with Gasteiger partial charge >= 0.3 is 6.18 Å². The number of methoxy groups -OCH3 is 1. The third-order valence-electron chi connectivity index (χ3n) is 3.63. The van der Waals surface area contributed by atoms with Crippen LogP contribution in [0.2, 0.25) is 0 Å². The number of aromatic nitrogens is 2. The van der Waals surface area contributed by atoms with Crippen LogP contribution in [0.1, 0.15) is 12.0 Å². The minimum Gasteiger partial charge on any atom is -0.442 e. The van der Waals surface area contributed by atoms with Crippen LogP contribution >= 0.6 is 0 Å². The van der Waals surface area contributed by atoms with Gasteiger partial charge in [0.25, 0.3) is 0 Å². The fourth-order valence-electron chi connectivity index (χ4n) is 2.44.